The summed E-state index contributed by atoms with van der Waals surface area (Å²) < 4.78 is 0. The quantitative estimate of drug-likeness (QED) is 0.352. The molecule has 0 heterocycles. The van der Waals surface area contributed by atoms with Gasteiger partial charge in [0.25, 0.3) is 0 Å². The molecule has 0 amide bonds. The van der Waals surface area contributed by atoms with Crippen molar-refractivity contribution in [3.05, 3.63) is 107 Å². The molecule has 0 fully saturated rings. The maximum atomic E-state index is 5.67. The van der Waals surface area contributed by atoms with Crippen LogP contribution in [0, 0.1) is 0 Å². The van der Waals surface area contributed by atoms with Crippen LogP contribution < -0.4 is 22.9 Å². The molecule has 0 radical (unpaired) electrons. The molecule has 0 saturated heterocycles. The molecule has 0 saturated carbocycles. The first-order chi connectivity index (χ1) is 16.7. The smallest absolute Gasteiger partial charge is 0.0110 e. The minimum absolute atomic E-state index is 0.504. The normalized spacial score (nSPS) is 12.1. The molecule has 3 rings (SSSR count). The predicted molar refractivity (Wildman–Crippen MR) is 150 cm³/mol. The second-order valence-corrected chi connectivity index (χ2v) is 7.91. The van der Waals surface area contributed by atoms with Crippen molar-refractivity contribution in [2.24, 2.45) is 22.9 Å². The summed E-state index contributed by atoms with van der Waals surface area (Å²) in [5.41, 5.74) is 31.7. The summed E-state index contributed by atoms with van der Waals surface area (Å²) in [7, 11) is 0. The first-order valence-electron chi connectivity index (χ1n) is 11.5. The lowest BCUT2D eigenvalue weighted by Crippen LogP contribution is -1.93. The number of hydrogen-bond acceptors (Lipinski definition) is 4. The van der Waals surface area contributed by atoms with Gasteiger partial charge in [0, 0.05) is 26.2 Å². The van der Waals surface area contributed by atoms with Gasteiger partial charge >= 0.3 is 0 Å². The number of nitrogens with two attached hydrogens (primary N) is 4. The molecule has 0 bridgehead atoms. The Hall–Kier alpha value is -3.54. The van der Waals surface area contributed by atoms with Crippen molar-refractivity contribution in [3.63, 3.8) is 0 Å². The standard InChI is InChI=1S/C30H34N4/c31-12-2-6-23-16-24(7-3-13-32)19-29(18-23)27-10-1-11-28(22-27)30-20-25(8-4-14-33)17-26(21-30)9-5-15-34/h1-11,16-22H,12-15,31-34H2/b6-2+,7-3+,8-4+,9-5+. The topological polar surface area (TPSA) is 104 Å². The summed E-state index contributed by atoms with van der Waals surface area (Å²) in [6.07, 6.45) is 16.1. The fourth-order valence-electron chi connectivity index (χ4n) is 3.77. The van der Waals surface area contributed by atoms with Gasteiger partial charge < -0.3 is 22.9 Å². The molecular formula is C30H34N4. The zero-order valence-electron chi connectivity index (χ0n) is 19.5. The Morgan fingerprint density at radius 2 is 0.735 bits per heavy atom. The van der Waals surface area contributed by atoms with Crippen molar-refractivity contribution in [2.75, 3.05) is 26.2 Å². The van der Waals surface area contributed by atoms with Gasteiger partial charge in [0.1, 0.15) is 0 Å². The fourth-order valence-corrected chi connectivity index (χ4v) is 3.77. The van der Waals surface area contributed by atoms with Crippen LogP contribution in [0.4, 0.5) is 0 Å². The van der Waals surface area contributed by atoms with E-state index < -0.39 is 0 Å². The molecule has 0 spiro atoms. The predicted octanol–water partition coefficient (Wildman–Crippen LogP) is 4.91. The van der Waals surface area contributed by atoms with Gasteiger partial charge in [-0.05, 0) is 87.0 Å². The van der Waals surface area contributed by atoms with Crippen LogP contribution in [0.5, 0.6) is 0 Å². The minimum atomic E-state index is 0.504. The Bertz CT molecular complexity index is 1050. The molecule has 0 aliphatic heterocycles. The average molecular weight is 451 g/mol. The number of hydrogen-bond donors (Lipinski definition) is 4. The molecule has 3 aromatic carbocycles. The van der Waals surface area contributed by atoms with Crippen LogP contribution in [-0.2, 0) is 0 Å². The first kappa shape index (κ1) is 25.1. The van der Waals surface area contributed by atoms with Gasteiger partial charge in [-0.15, -0.1) is 0 Å². The third kappa shape index (κ3) is 7.24. The highest BCUT2D eigenvalue weighted by Crippen LogP contribution is 2.30. The molecule has 4 heteroatoms. The van der Waals surface area contributed by atoms with Crippen molar-refractivity contribution in [3.8, 4) is 22.3 Å². The minimum Gasteiger partial charge on any atom is -0.327 e. The molecule has 0 atom stereocenters. The lowest BCUT2D eigenvalue weighted by atomic mass is 9.94. The molecule has 34 heavy (non-hydrogen) atoms. The van der Waals surface area contributed by atoms with Crippen molar-refractivity contribution in [2.45, 2.75) is 0 Å². The van der Waals surface area contributed by atoms with Gasteiger partial charge in [-0.25, -0.2) is 0 Å². The lowest BCUT2D eigenvalue weighted by Gasteiger charge is -2.10. The molecule has 0 aromatic heterocycles. The lowest BCUT2D eigenvalue weighted by molar-refractivity contribution is 1.26. The zero-order valence-corrected chi connectivity index (χ0v) is 19.5. The molecule has 0 unspecified atom stereocenters. The number of benzene rings is 3. The Morgan fingerprint density at radius 1 is 0.412 bits per heavy atom. The van der Waals surface area contributed by atoms with Crippen LogP contribution >= 0.6 is 0 Å². The van der Waals surface area contributed by atoms with E-state index in [0.29, 0.717) is 26.2 Å². The Labute approximate surface area is 203 Å². The molecular weight excluding hydrogens is 416 g/mol. The Morgan fingerprint density at radius 3 is 1.03 bits per heavy atom. The highest BCUT2D eigenvalue weighted by molar-refractivity contribution is 5.78. The molecule has 0 aliphatic carbocycles. The first-order valence-corrected chi connectivity index (χ1v) is 11.5. The molecule has 8 N–H and O–H groups in total. The van der Waals surface area contributed by atoms with E-state index in [1.165, 1.54) is 0 Å². The SMILES string of the molecule is NC/C=C/c1cc(/C=C/CN)cc(-c2cccc(-c3cc(/C=C/CN)cc(/C=C/CN)c3)c2)c1. The summed E-state index contributed by atoms with van der Waals surface area (Å²) in [5.74, 6) is 0. The average Bonchev–Trinajstić information content (AvgIpc) is 2.88. The van der Waals surface area contributed by atoms with Gasteiger partial charge in [0.2, 0.25) is 0 Å². The fraction of sp³-hybridized carbons (Fsp3) is 0.133. The van der Waals surface area contributed by atoms with Crippen LogP contribution in [0.25, 0.3) is 46.6 Å². The van der Waals surface area contributed by atoms with Crippen LogP contribution in [-0.4, -0.2) is 26.2 Å². The third-order valence-corrected chi connectivity index (χ3v) is 5.27. The summed E-state index contributed by atoms with van der Waals surface area (Å²) in [4.78, 5) is 0. The second kappa shape index (κ2) is 13.2. The Balaban J connectivity index is 2.08. The summed E-state index contributed by atoms with van der Waals surface area (Å²) in [6, 6.07) is 21.6. The summed E-state index contributed by atoms with van der Waals surface area (Å²) in [5, 5.41) is 0. The van der Waals surface area contributed by atoms with E-state index in [1.54, 1.807) is 0 Å². The third-order valence-electron chi connectivity index (χ3n) is 5.27. The molecule has 174 valence electrons. The molecule has 3 aromatic rings. The van der Waals surface area contributed by atoms with Gasteiger partial charge in [-0.1, -0.05) is 66.8 Å². The van der Waals surface area contributed by atoms with Crippen LogP contribution in [0.3, 0.4) is 0 Å². The monoisotopic (exact) mass is 450 g/mol. The molecule has 0 aliphatic rings. The van der Waals surface area contributed by atoms with E-state index in [1.807, 2.05) is 24.3 Å². The summed E-state index contributed by atoms with van der Waals surface area (Å²) in [6.45, 7) is 2.01. The number of rotatable bonds is 10. The maximum Gasteiger partial charge on any atom is 0.0110 e. The molecule has 4 nitrogen and oxygen atoms in total. The second-order valence-electron chi connectivity index (χ2n) is 7.91. The van der Waals surface area contributed by atoms with Crippen LogP contribution in [0.2, 0.25) is 0 Å². The summed E-state index contributed by atoms with van der Waals surface area (Å²) >= 11 is 0. The van der Waals surface area contributed by atoms with E-state index >= 15 is 0 Å². The van der Waals surface area contributed by atoms with Crippen molar-refractivity contribution >= 4 is 24.3 Å². The Kier molecular flexibility index (Phi) is 9.77. The van der Waals surface area contributed by atoms with E-state index in [9.17, 15) is 0 Å². The highest BCUT2D eigenvalue weighted by Gasteiger charge is 2.06. The van der Waals surface area contributed by atoms with Gasteiger partial charge in [0.05, 0.1) is 0 Å². The van der Waals surface area contributed by atoms with Crippen LogP contribution in [0.15, 0.2) is 85.0 Å². The van der Waals surface area contributed by atoms with Gasteiger partial charge in [-0.3, -0.25) is 0 Å². The van der Waals surface area contributed by atoms with E-state index in [2.05, 4.69) is 85.0 Å². The van der Waals surface area contributed by atoms with E-state index in [-0.39, 0.29) is 0 Å². The highest BCUT2D eigenvalue weighted by atomic mass is 14.5. The maximum absolute atomic E-state index is 5.67. The largest absolute Gasteiger partial charge is 0.327 e. The zero-order chi connectivity index (χ0) is 24.2. The van der Waals surface area contributed by atoms with Gasteiger partial charge in [0.15, 0.2) is 0 Å². The van der Waals surface area contributed by atoms with E-state index in [0.717, 1.165) is 44.5 Å². The van der Waals surface area contributed by atoms with Crippen molar-refractivity contribution in [1.29, 1.82) is 0 Å². The van der Waals surface area contributed by atoms with Crippen molar-refractivity contribution < 1.29 is 0 Å². The van der Waals surface area contributed by atoms with Crippen molar-refractivity contribution in [1.82, 2.24) is 0 Å². The van der Waals surface area contributed by atoms with Gasteiger partial charge in [-0.2, -0.15) is 0 Å². The van der Waals surface area contributed by atoms with Crippen LogP contribution in [0.1, 0.15) is 22.3 Å². The van der Waals surface area contributed by atoms with E-state index in [4.69, 9.17) is 22.9 Å².